The van der Waals surface area contributed by atoms with E-state index in [0.29, 0.717) is 11.7 Å². The highest BCUT2D eigenvalue weighted by Gasteiger charge is 2.24. The monoisotopic (exact) mass is 337 g/mol. The predicted molar refractivity (Wildman–Crippen MR) is 97.6 cm³/mol. The highest BCUT2D eigenvalue weighted by molar-refractivity contribution is 5.75. The molecule has 0 bridgehead atoms. The summed E-state index contributed by atoms with van der Waals surface area (Å²) < 4.78 is 2.18. The van der Waals surface area contributed by atoms with Gasteiger partial charge in [-0.25, -0.2) is 9.97 Å². The van der Waals surface area contributed by atoms with E-state index in [9.17, 15) is 4.79 Å². The molecule has 4 rings (SSSR count). The maximum Gasteiger partial charge on any atom is 0.251 e. The first-order valence-corrected chi connectivity index (χ1v) is 8.81. The molecule has 130 valence electrons. The van der Waals surface area contributed by atoms with Crippen LogP contribution in [-0.2, 0) is 13.6 Å². The molecule has 1 N–H and O–H groups in total. The topological polar surface area (TPSA) is 66.8 Å². The van der Waals surface area contributed by atoms with Gasteiger partial charge in [0.05, 0.1) is 23.3 Å². The fourth-order valence-corrected chi connectivity index (χ4v) is 3.79. The third-order valence-corrected chi connectivity index (χ3v) is 5.05. The lowest BCUT2D eigenvalue weighted by molar-refractivity contribution is 0.192. The molecule has 1 aromatic carbocycles. The molecule has 1 atom stereocenters. The summed E-state index contributed by atoms with van der Waals surface area (Å²) in [7, 11) is 2.08. The smallest absolute Gasteiger partial charge is 0.251 e. The molecule has 0 amide bonds. The SMILES string of the molecule is Cc1nc(C2CCCN(Cc3nc4ccccc4n3C)C2)cc(=O)[nH]1. The Morgan fingerprint density at radius 1 is 1.28 bits per heavy atom. The Bertz CT molecular complexity index is 958. The third-order valence-electron chi connectivity index (χ3n) is 5.05. The number of hydrogen-bond acceptors (Lipinski definition) is 4. The summed E-state index contributed by atoms with van der Waals surface area (Å²) in [4.78, 5) is 26.2. The Kier molecular flexibility index (Phi) is 4.13. The van der Waals surface area contributed by atoms with Gasteiger partial charge in [0.1, 0.15) is 11.6 Å². The minimum Gasteiger partial charge on any atom is -0.330 e. The number of aryl methyl sites for hydroxylation is 2. The zero-order valence-corrected chi connectivity index (χ0v) is 14.7. The first-order valence-electron chi connectivity index (χ1n) is 8.81. The van der Waals surface area contributed by atoms with Crippen LogP contribution in [0.3, 0.4) is 0 Å². The molecule has 1 unspecified atom stereocenters. The van der Waals surface area contributed by atoms with Gasteiger partial charge in [-0.3, -0.25) is 9.69 Å². The van der Waals surface area contributed by atoms with Crippen LogP contribution in [0.2, 0.25) is 0 Å². The molecular formula is C19H23N5O. The molecule has 1 aliphatic heterocycles. The van der Waals surface area contributed by atoms with Gasteiger partial charge >= 0.3 is 0 Å². The normalized spacial score (nSPS) is 18.7. The van der Waals surface area contributed by atoms with E-state index in [0.717, 1.165) is 55.0 Å². The lowest BCUT2D eigenvalue weighted by Gasteiger charge is -2.32. The van der Waals surface area contributed by atoms with E-state index in [1.165, 1.54) is 0 Å². The van der Waals surface area contributed by atoms with Crippen molar-refractivity contribution in [1.29, 1.82) is 0 Å². The number of piperidine rings is 1. The van der Waals surface area contributed by atoms with Crippen LogP contribution in [0.1, 0.15) is 36.1 Å². The van der Waals surface area contributed by atoms with Crippen molar-refractivity contribution in [1.82, 2.24) is 24.4 Å². The molecule has 0 saturated carbocycles. The maximum absolute atomic E-state index is 11.7. The van der Waals surface area contributed by atoms with Crippen molar-refractivity contribution in [2.75, 3.05) is 13.1 Å². The molecule has 1 aliphatic rings. The number of hydrogen-bond donors (Lipinski definition) is 1. The Balaban J connectivity index is 1.54. The van der Waals surface area contributed by atoms with Crippen LogP contribution in [0, 0.1) is 6.92 Å². The number of aromatic amines is 1. The van der Waals surface area contributed by atoms with Gasteiger partial charge in [0.25, 0.3) is 5.56 Å². The van der Waals surface area contributed by atoms with Gasteiger partial charge in [0.2, 0.25) is 0 Å². The number of H-pyrrole nitrogens is 1. The van der Waals surface area contributed by atoms with Gasteiger partial charge in [-0.2, -0.15) is 0 Å². The molecule has 0 aliphatic carbocycles. The first kappa shape index (κ1) is 16.0. The van der Waals surface area contributed by atoms with Crippen LogP contribution in [0.25, 0.3) is 11.0 Å². The van der Waals surface area contributed by atoms with Crippen molar-refractivity contribution in [3.63, 3.8) is 0 Å². The fourth-order valence-electron chi connectivity index (χ4n) is 3.79. The van der Waals surface area contributed by atoms with Crippen LogP contribution in [0.5, 0.6) is 0 Å². The van der Waals surface area contributed by atoms with Crippen LogP contribution >= 0.6 is 0 Å². The third kappa shape index (κ3) is 3.22. The summed E-state index contributed by atoms with van der Waals surface area (Å²) in [6.07, 6.45) is 2.19. The van der Waals surface area contributed by atoms with Gasteiger partial charge in [-0.05, 0) is 38.4 Å². The molecule has 0 radical (unpaired) electrons. The molecule has 2 aromatic heterocycles. The van der Waals surface area contributed by atoms with E-state index in [1.54, 1.807) is 6.07 Å². The molecule has 6 heteroatoms. The van der Waals surface area contributed by atoms with Gasteiger partial charge in [-0.15, -0.1) is 0 Å². The van der Waals surface area contributed by atoms with E-state index in [1.807, 2.05) is 19.1 Å². The predicted octanol–water partition coefficient (Wildman–Crippen LogP) is 2.34. The number of para-hydroxylation sites is 2. The second kappa shape index (κ2) is 6.44. The minimum atomic E-state index is -0.0602. The van der Waals surface area contributed by atoms with E-state index >= 15 is 0 Å². The number of nitrogens with one attached hydrogen (secondary N) is 1. The fraction of sp³-hybridized carbons (Fsp3) is 0.421. The lowest BCUT2D eigenvalue weighted by atomic mass is 9.94. The number of fused-ring (bicyclic) bond motifs is 1. The van der Waals surface area contributed by atoms with Crippen molar-refractivity contribution >= 4 is 11.0 Å². The van der Waals surface area contributed by atoms with Gasteiger partial charge in [-0.1, -0.05) is 12.1 Å². The zero-order chi connectivity index (χ0) is 17.4. The molecule has 3 aromatic rings. The van der Waals surface area contributed by atoms with Crippen LogP contribution in [0.4, 0.5) is 0 Å². The summed E-state index contributed by atoms with van der Waals surface area (Å²) in [5.41, 5.74) is 3.06. The molecule has 1 fully saturated rings. The Labute approximate surface area is 146 Å². The number of likely N-dealkylation sites (tertiary alicyclic amines) is 1. The second-order valence-corrected chi connectivity index (χ2v) is 6.91. The maximum atomic E-state index is 11.7. The molecular weight excluding hydrogens is 314 g/mol. The largest absolute Gasteiger partial charge is 0.330 e. The summed E-state index contributed by atoms with van der Waals surface area (Å²) >= 11 is 0. The number of rotatable bonds is 3. The Morgan fingerprint density at radius 2 is 2.12 bits per heavy atom. The van der Waals surface area contributed by atoms with Crippen LogP contribution < -0.4 is 5.56 Å². The second-order valence-electron chi connectivity index (χ2n) is 6.91. The quantitative estimate of drug-likeness (QED) is 0.797. The number of nitrogens with zero attached hydrogens (tertiary/aromatic N) is 4. The van der Waals surface area contributed by atoms with Gasteiger partial charge in [0, 0.05) is 25.6 Å². The van der Waals surface area contributed by atoms with E-state index in [2.05, 4.69) is 38.6 Å². The Morgan fingerprint density at radius 3 is 2.92 bits per heavy atom. The van der Waals surface area contributed by atoms with E-state index < -0.39 is 0 Å². The number of aromatic nitrogens is 4. The van der Waals surface area contributed by atoms with Crippen molar-refractivity contribution in [2.45, 2.75) is 32.2 Å². The minimum absolute atomic E-state index is 0.0602. The average Bonchev–Trinajstić information content (AvgIpc) is 2.91. The zero-order valence-electron chi connectivity index (χ0n) is 14.7. The van der Waals surface area contributed by atoms with Gasteiger partial charge < -0.3 is 9.55 Å². The van der Waals surface area contributed by atoms with Crippen molar-refractivity contribution in [2.24, 2.45) is 7.05 Å². The van der Waals surface area contributed by atoms with Crippen LogP contribution in [-0.4, -0.2) is 37.5 Å². The van der Waals surface area contributed by atoms with E-state index in [-0.39, 0.29) is 5.56 Å². The summed E-state index contributed by atoms with van der Waals surface area (Å²) in [6.45, 7) is 4.63. The van der Waals surface area contributed by atoms with Crippen LogP contribution in [0.15, 0.2) is 35.1 Å². The lowest BCUT2D eigenvalue weighted by Crippen LogP contribution is -2.35. The molecule has 0 spiro atoms. The number of imidazole rings is 1. The molecule has 6 nitrogen and oxygen atoms in total. The standard InChI is InChI=1S/C19H23N5O/c1-13-20-16(10-19(25)21-13)14-6-5-9-24(11-14)12-18-22-15-7-3-4-8-17(15)23(18)2/h3-4,7-8,10,14H,5-6,9,11-12H2,1-2H3,(H,20,21,25). The Hall–Kier alpha value is -2.47. The van der Waals surface area contributed by atoms with Crippen molar-refractivity contribution < 1.29 is 0 Å². The number of benzene rings is 1. The highest BCUT2D eigenvalue weighted by atomic mass is 16.1. The molecule has 25 heavy (non-hydrogen) atoms. The average molecular weight is 337 g/mol. The van der Waals surface area contributed by atoms with Gasteiger partial charge in [0.15, 0.2) is 0 Å². The molecule has 3 heterocycles. The van der Waals surface area contributed by atoms with E-state index in [4.69, 9.17) is 4.98 Å². The first-order chi connectivity index (χ1) is 12.1. The highest BCUT2D eigenvalue weighted by Crippen LogP contribution is 2.26. The molecule has 1 saturated heterocycles. The summed E-state index contributed by atoms with van der Waals surface area (Å²) in [6, 6.07) is 9.88. The van der Waals surface area contributed by atoms with Crippen molar-refractivity contribution in [3.8, 4) is 0 Å². The summed E-state index contributed by atoms with van der Waals surface area (Å²) in [5.74, 6) is 2.08. The summed E-state index contributed by atoms with van der Waals surface area (Å²) in [5, 5.41) is 0. The van der Waals surface area contributed by atoms with Crippen molar-refractivity contribution in [3.05, 3.63) is 58.0 Å².